The number of rotatable bonds is 5. The molecule has 0 saturated heterocycles. The number of nitrogens with one attached hydrogen (secondary N) is 1. The standard InChI is InChI=1S/C15H13ClF2N2O3S/c1-20(24(22,23)11-7-5-10(17)6-8-11)9-14(21)19-13-4-2-3-12(16)15(13)18/h2-8H,9H2,1H3,(H,19,21). The summed E-state index contributed by atoms with van der Waals surface area (Å²) in [5.41, 5.74) is -0.153. The maximum absolute atomic E-state index is 13.7. The van der Waals surface area contributed by atoms with E-state index in [1.54, 1.807) is 0 Å². The first-order valence-corrected chi connectivity index (χ1v) is 8.49. The highest BCUT2D eigenvalue weighted by atomic mass is 35.5. The van der Waals surface area contributed by atoms with Crippen LogP contribution in [0, 0.1) is 11.6 Å². The Labute approximate surface area is 142 Å². The second kappa shape index (κ2) is 7.25. The highest BCUT2D eigenvalue weighted by molar-refractivity contribution is 7.89. The predicted octanol–water partition coefficient (Wildman–Crippen LogP) is 2.88. The first-order valence-electron chi connectivity index (χ1n) is 6.67. The van der Waals surface area contributed by atoms with Crippen molar-refractivity contribution in [3.05, 3.63) is 59.1 Å². The monoisotopic (exact) mass is 374 g/mol. The molecule has 0 aliphatic rings. The molecule has 2 aromatic carbocycles. The van der Waals surface area contributed by atoms with Gasteiger partial charge in [0.1, 0.15) is 5.82 Å². The van der Waals surface area contributed by atoms with E-state index in [9.17, 15) is 22.0 Å². The third-order valence-corrected chi connectivity index (χ3v) is 5.22. The molecule has 24 heavy (non-hydrogen) atoms. The average Bonchev–Trinajstić information content (AvgIpc) is 2.52. The number of carbonyl (C=O) groups is 1. The second-order valence-corrected chi connectivity index (χ2v) is 7.32. The summed E-state index contributed by atoms with van der Waals surface area (Å²) in [5, 5.41) is 2.08. The number of amides is 1. The van der Waals surface area contributed by atoms with E-state index in [4.69, 9.17) is 11.6 Å². The maximum Gasteiger partial charge on any atom is 0.243 e. The summed E-state index contributed by atoms with van der Waals surface area (Å²) in [7, 11) is -2.79. The molecule has 1 amide bonds. The van der Waals surface area contributed by atoms with Gasteiger partial charge in [0.25, 0.3) is 0 Å². The molecule has 0 bridgehead atoms. The number of sulfonamides is 1. The Hall–Kier alpha value is -2.03. The first kappa shape index (κ1) is 18.3. The molecule has 1 N–H and O–H groups in total. The molecule has 128 valence electrons. The molecule has 0 radical (unpaired) electrons. The van der Waals surface area contributed by atoms with Gasteiger partial charge in [-0.1, -0.05) is 17.7 Å². The van der Waals surface area contributed by atoms with Crippen LogP contribution in [0.4, 0.5) is 14.5 Å². The molecular weight excluding hydrogens is 362 g/mol. The van der Waals surface area contributed by atoms with Crippen LogP contribution in [0.1, 0.15) is 0 Å². The molecule has 2 rings (SSSR count). The number of hydrogen-bond donors (Lipinski definition) is 1. The zero-order valence-corrected chi connectivity index (χ0v) is 14.0. The van der Waals surface area contributed by atoms with E-state index in [0.29, 0.717) is 0 Å². The minimum absolute atomic E-state index is 0.153. The van der Waals surface area contributed by atoms with Gasteiger partial charge in [0, 0.05) is 7.05 Å². The fraction of sp³-hybridized carbons (Fsp3) is 0.133. The molecule has 0 atom stereocenters. The van der Waals surface area contributed by atoms with Gasteiger partial charge in [-0.15, -0.1) is 0 Å². The van der Waals surface area contributed by atoms with Crippen molar-refractivity contribution in [3.63, 3.8) is 0 Å². The zero-order valence-electron chi connectivity index (χ0n) is 12.5. The maximum atomic E-state index is 13.7. The van der Waals surface area contributed by atoms with Crippen molar-refractivity contribution >= 4 is 33.2 Å². The number of anilines is 1. The minimum atomic E-state index is -3.98. The third-order valence-electron chi connectivity index (χ3n) is 3.11. The van der Waals surface area contributed by atoms with E-state index in [2.05, 4.69) is 5.32 Å². The van der Waals surface area contributed by atoms with E-state index in [0.717, 1.165) is 28.6 Å². The van der Waals surface area contributed by atoms with E-state index in [1.165, 1.54) is 25.2 Å². The number of carbonyl (C=O) groups excluding carboxylic acids is 1. The lowest BCUT2D eigenvalue weighted by Gasteiger charge is -2.17. The Morgan fingerprint density at radius 1 is 1.17 bits per heavy atom. The normalized spacial score (nSPS) is 11.5. The largest absolute Gasteiger partial charge is 0.322 e. The molecule has 5 nitrogen and oxygen atoms in total. The van der Waals surface area contributed by atoms with Crippen molar-refractivity contribution < 1.29 is 22.0 Å². The predicted molar refractivity (Wildman–Crippen MR) is 86.3 cm³/mol. The molecule has 0 aromatic heterocycles. The average molecular weight is 375 g/mol. The Kier molecular flexibility index (Phi) is 5.53. The van der Waals surface area contributed by atoms with Crippen molar-refractivity contribution in [2.24, 2.45) is 0 Å². The summed E-state index contributed by atoms with van der Waals surface area (Å²) < 4.78 is 51.9. The number of hydrogen-bond acceptors (Lipinski definition) is 3. The van der Waals surface area contributed by atoms with Crippen molar-refractivity contribution in [1.29, 1.82) is 0 Å². The molecule has 0 aliphatic carbocycles. The molecule has 0 aliphatic heterocycles. The molecule has 2 aromatic rings. The topological polar surface area (TPSA) is 66.5 Å². The molecule has 0 unspecified atom stereocenters. The minimum Gasteiger partial charge on any atom is -0.322 e. The lowest BCUT2D eigenvalue weighted by atomic mass is 10.3. The fourth-order valence-electron chi connectivity index (χ4n) is 1.86. The summed E-state index contributed by atoms with van der Waals surface area (Å²) >= 11 is 5.61. The van der Waals surface area contributed by atoms with Crippen LogP contribution < -0.4 is 5.32 Å². The SMILES string of the molecule is CN(CC(=O)Nc1cccc(Cl)c1F)S(=O)(=O)c1ccc(F)cc1. The van der Waals surface area contributed by atoms with Crippen molar-refractivity contribution in [3.8, 4) is 0 Å². The van der Waals surface area contributed by atoms with Gasteiger partial charge >= 0.3 is 0 Å². The number of likely N-dealkylation sites (N-methyl/N-ethyl adjacent to an activating group) is 1. The van der Waals surface area contributed by atoms with Gasteiger partial charge in [-0.2, -0.15) is 4.31 Å². The lowest BCUT2D eigenvalue weighted by Crippen LogP contribution is -2.35. The molecular formula is C15H13ClF2N2O3S. The first-order chi connectivity index (χ1) is 11.2. The van der Waals surface area contributed by atoms with Gasteiger partial charge in [-0.25, -0.2) is 17.2 Å². The van der Waals surface area contributed by atoms with Crippen molar-refractivity contribution in [2.45, 2.75) is 4.90 Å². The van der Waals surface area contributed by atoms with Gasteiger partial charge < -0.3 is 5.32 Å². The summed E-state index contributed by atoms with van der Waals surface area (Å²) in [6, 6.07) is 8.25. The van der Waals surface area contributed by atoms with E-state index < -0.39 is 34.1 Å². The number of nitrogens with zero attached hydrogens (tertiary/aromatic N) is 1. The van der Waals surface area contributed by atoms with Crippen LogP contribution in [0.2, 0.25) is 5.02 Å². The number of benzene rings is 2. The summed E-state index contributed by atoms with van der Waals surface area (Å²) in [6.45, 7) is -0.550. The van der Waals surface area contributed by atoms with E-state index in [-0.39, 0.29) is 15.6 Å². The van der Waals surface area contributed by atoms with Gasteiger partial charge in [-0.3, -0.25) is 4.79 Å². The zero-order chi connectivity index (χ0) is 17.9. The van der Waals surface area contributed by atoms with Crippen LogP contribution in [-0.4, -0.2) is 32.2 Å². The van der Waals surface area contributed by atoms with Crippen LogP contribution in [-0.2, 0) is 14.8 Å². The molecule has 0 fully saturated rings. The molecule has 0 heterocycles. The van der Waals surface area contributed by atoms with Crippen LogP contribution in [0.3, 0.4) is 0 Å². The summed E-state index contributed by atoms with van der Waals surface area (Å²) in [6.07, 6.45) is 0. The Bertz CT molecular complexity index is 858. The lowest BCUT2D eigenvalue weighted by molar-refractivity contribution is -0.116. The van der Waals surface area contributed by atoms with Crippen molar-refractivity contribution in [2.75, 3.05) is 18.9 Å². The van der Waals surface area contributed by atoms with Crippen LogP contribution in [0.25, 0.3) is 0 Å². The fourth-order valence-corrected chi connectivity index (χ4v) is 3.17. The van der Waals surface area contributed by atoms with E-state index in [1.807, 2.05) is 0 Å². The number of halogens is 3. The Morgan fingerprint density at radius 2 is 1.79 bits per heavy atom. The second-order valence-electron chi connectivity index (χ2n) is 4.86. The molecule has 9 heteroatoms. The highest BCUT2D eigenvalue weighted by Gasteiger charge is 2.23. The quantitative estimate of drug-likeness (QED) is 0.875. The van der Waals surface area contributed by atoms with Crippen LogP contribution in [0.5, 0.6) is 0 Å². The Morgan fingerprint density at radius 3 is 2.42 bits per heavy atom. The highest BCUT2D eigenvalue weighted by Crippen LogP contribution is 2.22. The van der Waals surface area contributed by atoms with Gasteiger partial charge in [-0.05, 0) is 36.4 Å². The van der Waals surface area contributed by atoms with Crippen LogP contribution in [0.15, 0.2) is 47.4 Å². The van der Waals surface area contributed by atoms with Crippen LogP contribution >= 0.6 is 11.6 Å². The van der Waals surface area contributed by atoms with Gasteiger partial charge in [0.15, 0.2) is 5.82 Å². The Balaban J connectivity index is 2.10. The summed E-state index contributed by atoms with van der Waals surface area (Å²) in [5.74, 6) is -2.13. The van der Waals surface area contributed by atoms with E-state index >= 15 is 0 Å². The van der Waals surface area contributed by atoms with Gasteiger partial charge in [0.2, 0.25) is 15.9 Å². The molecule has 0 saturated carbocycles. The molecule has 0 spiro atoms. The van der Waals surface area contributed by atoms with Gasteiger partial charge in [0.05, 0.1) is 22.2 Å². The smallest absolute Gasteiger partial charge is 0.243 e. The summed E-state index contributed by atoms with van der Waals surface area (Å²) in [4.78, 5) is 11.8. The van der Waals surface area contributed by atoms with Crippen molar-refractivity contribution in [1.82, 2.24) is 4.31 Å². The third kappa shape index (κ3) is 4.08.